The van der Waals surface area contributed by atoms with E-state index in [-0.39, 0.29) is 11.9 Å². The number of imidazole rings is 1. The Morgan fingerprint density at radius 3 is 2.71 bits per heavy atom. The third kappa shape index (κ3) is 4.64. The first-order chi connectivity index (χ1) is 16.7. The average molecular weight is 475 g/mol. The lowest BCUT2D eigenvalue weighted by Gasteiger charge is -2.23. The number of amides is 1. The predicted molar refractivity (Wildman–Crippen MR) is 131 cm³/mol. The minimum atomic E-state index is -0.0172. The number of anilines is 2. The number of piperidine rings is 1. The predicted octanol–water partition coefficient (Wildman–Crippen LogP) is 3.71. The molecule has 2 fully saturated rings. The van der Waals surface area contributed by atoms with E-state index in [0.29, 0.717) is 17.4 Å². The number of nitrogens with one attached hydrogen (secondary N) is 4. The number of carbonyl (C=O) groups is 1. The van der Waals surface area contributed by atoms with Crippen molar-refractivity contribution in [3.8, 4) is 0 Å². The van der Waals surface area contributed by atoms with Crippen LogP contribution in [0, 0.1) is 0 Å². The molecule has 0 bridgehead atoms. The summed E-state index contributed by atoms with van der Waals surface area (Å²) in [6.07, 6.45) is 8.01. The summed E-state index contributed by atoms with van der Waals surface area (Å²) in [6.45, 7) is 1.90. The highest BCUT2D eigenvalue weighted by atomic mass is 32.2. The van der Waals surface area contributed by atoms with Gasteiger partial charge in [-0.3, -0.25) is 14.3 Å². The summed E-state index contributed by atoms with van der Waals surface area (Å²) in [7, 11) is 0. The quantitative estimate of drug-likeness (QED) is 0.302. The van der Waals surface area contributed by atoms with E-state index in [2.05, 4.69) is 37.2 Å². The summed E-state index contributed by atoms with van der Waals surface area (Å²) in [4.78, 5) is 22.8. The number of carbonyl (C=O) groups excluding carboxylic acids is 1. The van der Waals surface area contributed by atoms with Gasteiger partial charge in [0.25, 0.3) is 5.91 Å². The molecular weight excluding hydrogens is 448 g/mol. The summed E-state index contributed by atoms with van der Waals surface area (Å²) in [5.74, 6) is 1.99. The largest absolute Gasteiger partial charge is 0.349 e. The molecule has 0 unspecified atom stereocenters. The van der Waals surface area contributed by atoms with Crippen molar-refractivity contribution in [1.82, 2.24) is 35.2 Å². The van der Waals surface area contributed by atoms with Gasteiger partial charge in [0.05, 0.1) is 0 Å². The van der Waals surface area contributed by atoms with Crippen LogP contribution in [0.3, 0.4) is 0 Å². The van der Waals surface area contributed by atoms with Gasteiger partial charge >= 0.3 is 0 Å². The zero-order valence-corrected chi connectivity index (χ0v) is 19.4. The molecule has 1 aromatic carbocycles. The van der Waals surface area contributed by atoms with Crippen LogP contribution in [0.15, 0.2) is 58.7 Å². The zero-order chi connectivity index (χ0) is 22.9. The Kier molecular flexibility index (Phi) is 5.68. The van der Waals surface area contributed by atoms with Gasteiger partial charge in [0.15, 0.2) is 5.82 Å². The van der Waals surface area contributed by atoms with E-state index in [1.54, 1.807) is 6.20 Å². The standard InChI is InChI=1S/C24H26N8OS/c33-23(27-17-7-9-25-10-8-17)16-3-5-18(6-4-16)34-22-14-21-26-11-12-32(21)24(29-22)28-20-13-19(30-31-20)15-1-2-15/h3-6,11-15,17,25H,1-2,7-10H2,(H,27,33)(H2,28,29,30,31). The van der Waals surface area contributed by atoms with Crippen molar-refractivity contribution in [3.63, 3.8) is 0 Å². The van der Waals surface area contributed by atoms with Crippen molar-refractivity contribution in [3.05, 3.63) is 60.0 Å². The van der Waals surface area contributed by atoms with E-state index in [9.17, 15) is 4.79 Å². The Balaban J connectivity index is 1.17. The highest BCUT2D eigenvalue weighted by Gasteiger charge is 2.25. The molecule has 9 nitrogen and oxygen atoms in total. The maximum atomic E-state index is 12.6. The van der Waals surface area contributed by atoms with Gasteiger partial charge in [-0.1, -0.05) is 11.8 Å². The number of hydrogen-bond donors (Lipinski definition) is 4. The van der Waals surface area contributed by atoms with Crippen LogP contribution in [0.1, 0.15) is 47.7 Å². The molecular formula is C24H26N8OS. The highest BCUT2D eigenvalue weighted by Crippen LogP contribution is 2.39. The van der Waals surface area contributed by atoms with Crippen molar-refractivity contribution in [1.29, 1.82) is 0 Å². The van der Waals surface area contributed by atoms with Gasteiger partial charge < -0.3 is 16.0 Å². The van der Waals surface area contributed by atoms with E-state index < -0.39 is 0 Å². The van der Waals surface area contributed by atoms with Crippen molar-refractivity contribution in [2.24, 2.45) is 0 Å². The van der Waals surface area contributed by atoms with E-state index in [0.717, 1.165) is 47.3 Å². The Bertz CT molecular complexity index is 1300. The monoisotopic (exact) mass is 474 g/mol. The van der Waals surface area contributed by atoms with Crippen molar-refractivity contribution in [2.75, 3.05) is 18.4 Å². The molecule has 0 atom stereocenters. The molecule has 3 aromatic heterocycles. The van der Waals surface area contributed by atoms with Gasteiger partial charge in [-0.05, 0) is 63.0 Å². The fourth-order valence-corrected chi connectivity index (χ4v) is 5.00. The van der Waals surface area contributed by atoms with E-state index in [4.69, 9.17) is 4.98 Å². The molecule has 4 aromatic rings. The summed E-state index contributed by atoms with van der Waals surface area (Å²) >= 11 is 1.53. The Morgan fingerprint density at radius 1 is 1.09 bits per heavy atom. The van der Waals surface area contributed by atoms with Crippen LogP contribution in [0.4, 0.5) is 11.8 Å². The molecule has 0 radical (unpaired) electrons. The van der Waals surface area contributed by atoms with Gasteiger partial charge in [0.1, 0.15) is 10.7 Å². The number of aromatic amines is 1. The average Bonchev–Trinajstić information content (AvgIpc) is 3.41. The number of rotatable bonds is 7. The third-order valence-corrected chi connectivity index (χ3v) is 7.16. The molecule has 1 amide bonds. The lowest BCUT2D eigenvalue weighted by molar-refractivity contribution is 0.0929. The smallest absolute Gasteiger partial charge is 0.251 e. The van der Waals surface area contributed by atoms with E-state index >= 15 is 0 Å². The Labute approximate surface area is 201 Å². The van der Waals surface area contributed by atoms with Crippen LogP contribution >= 0.6 is 11.8 Å². The van der Waals surface area contributed by atoms with Gasteiger partial charge in [-0.2, -0.15) is 5.10 Å². The molecule has 1 aliphatic carbocycles. The minimum absolute atomic E-state index is 0.0172. The van der Waals surface area contributed by atoms with Crippen LogP contribution in [-0.2, 0) is 0 Å². The van der Waals surface area contributed by atoms with Crippen molar-refractivity contribution < 1.29 is 4.79 Å². The number of aromatic nitrogens is 5. The van der Waals surface area contributed by atoms with Crippen LogP contribution < -0.4 is 16.0 Å². The maximum Gasteiger partial charge on any atom is 0.251 e. The summed E-state index contributed by atoms with van der Waals surface area (Å²) in [6, 6.07) is 11.9. The van der Waals surface area contributed by atoms with Gasteiger partial charge in [-0.15, -0.1) is 0 Å². The Morgan fingerprint density at radius 2 is 1.91 bits per heavy atom. The molecule has 4 heterocycles. The number of benzene rings is 1. The minimum Gasteiger partial charge on any atom is -0.349 e. The first kappa shape index (κ1) is 21.2. The van der Waals surface area contributed by atoms with Gasteiger partial charge in [0, 0.05) is 52.6 Å². The van der Waals surface area contributed by atoms with Crippen LogP contribution in [0.25, 0.3) is 5.65 Å². The molecule has 1 saturated heterocycles. The number of nitrogens with zero attached hydrogens (tertiary/aromatic N) is 4. The van der Waals surface area contributed by atoms with Gasteiger partial charge in [-0.25, -0.2) is 9.97 Å². The highest BCUT2D eigenvalue weighted by molar-refractivity contribution is 7.99. The fraction of sp³-hybridized carbons (Fsp3) is 0.333. The molecule has 10 heteroatoms. The SMILES string of the molecule is O=C(NC1CCNCC1)c1ccc(Sc2cc3nccn3c(Nc3cc(C4CC4)[nH]n3)n2)cc1. The number of fused-ring (bicyclic) bond motifs is 1. The molecule has 2 aliphatic rings. The topological polar surface area (TPSA) is 112 Å². The molecule has 34 heavy (non-hydrogen) atoms. The lowest BCUT2D eigenvalue weighted by atomic mass is 10.1. The second kappa shape index (κ2) is 9.11. The van der Waals surface area contributed by atoms with Crippen molar-refractivity contribution in [2.45, 2.75) is 47.6 Å². The summed E-state index contributed by atoms with van der Waals surface area (Å²) < 4.78 is 1.91. The normalized spacial score (nSPS) is 16.6. The second-order valence-electron chi connectivity index (χ2n) is 8.81. The molecule has 6 rings (SSSR count). The lowest BCUT2D eigenvalue weighted by Crippen LogP contribution is -2.42. The number of hydrogen-bond acceptors (Lipinski definition) is 7. The van der Waals surface area contributed by atoms with E-state index in [1.807, 2.05) is 40.9 Å². The Hall–Kier alpha value is -3.37. The first-order valence-corrected chi connectivity index (χ1v) is 12.5. The molecule has 1 aliphatic heterocycles. The maximum absolute atomic E-state index is 12.6. The molecule has 4 N–H and O–H groups in total. The molecule has 1 saturated carbocycles. The van der Waals surface area contributed by atoms with Crippen molar-refractivity contribution >= 4 is 35.1 Å². The van der Waals surface area contributed by atoms with Crippen LogP contribution in [0.2, 0.25) is 0 Å². The molecule has 0 spiro atoms. The van der Waals surface area contributed by atoms with Gasteiger partial charge in [0.2, 0.25) is 5.95 Å². The first-order valence-electron chi connectivity index (χ1n) is 11.7. The third-order valence-electron chi connectivity index (χ3n) is 6.23. The fourth-order valence-electron chi connectivity index (χ4n) is 4.19. The summed E-state index contributed by atoms with van der Waals surface area (Å²) in [5.41, 5.74) is 2.64. The second-order valence-corrected chi connectivity index (χ2v) is 9.90. The zero-order valence-electron chi connectivity index (χ0n) is 18.6. The molecule has 174 valence electrons. The van der Waals surface area contributed by atoms with Crippen LogP contribution in [0.5, 0.6) is 0 Å². The van der Waals surface area contributed by atoms with Crippen LogP contribution in [-0.4, -0.2) is 49.6 Å². The van der Waals surface area contributed by atoms with E-state index in [1.165, 1.54) is 30.3 Å². The number of H-pyrrole nitrogens is 1. The summed E-state index contributed by atoms with van der Waals surface area (Å²) in [5, 5.41) is 18.1.